The highest BCUT2D eigenvalue weighted by atomic mass is 15.3. The molecule has 0 amide bonds. The number of anilines is 1. The van der Waals surface area contributed by atoms with Gasteiger partial charge in [0, 0.05) is 12.3 Å². The van der Waals surface area contributed by atoms with E-state index < -0.39 is 0 Å². The minimum absolute atomic E-state index is 0.625. The van der Waals surface area contributed by atoms with E-state index in [1.165, 1.54) is 0 Å². The van der Waals surface area contributed by atoms with Gasteiger partial charge in [-0.25, -0.2) is 4.68 Å². The van der Waals surface area contributed by atoms with Crippen molar-refractivity contribution in [2.75, 3.05) is 5.73 Å². The summed E-state index contributed by atoms with van der Waals surface area (Å²) < 4.78 is 1.76. The lowest BCUT2D eigenvalue weighted by Gasteiger charge is -2.03. The van der Waals surface area contributed by atoms with Gasteiger partial charge in [0.2, 0.25) is 0 Å². The molecule has 0 saturated heterocycles. The quantitative estimate of drug-likeness (QED) is 0.803. The second kappa shape index (κ2) is 3.73. The lowest BCUT2D eigenvalue weighted by Crippen LogP contribution is -2.07. The molecular weight excluding hydrogens is 188 g/mol. The van der Waals surface area contributed by atoms with Gasteiger partial charge in [-0.05, 0) is 25.5 Å². The Bertz CT molecular complexity index is 456. The Morgan fingerprint density at radius 2 is 2.13 bits per heavy atom. The predicted octanol–water partition coefficient (Wildman–Crippen LogP) is 1.53. The summed E-state index contributed by atoms with van der Waals surface area (Å²) in [4.78, 5) is 4.31. The maximum Gasteiger partial charge on any atom is 0.122 e. The Balaban J connectivity index is 2.21. The van der Waals surface area contributed by atoms with Gasteiger partial charge in [-0.2, -0.15) is 5.10 Å². The molecule has 0 aliphatic rings. The van der Waals surface area contributed by atoms with Crippen LogP contribution in [0.3, 0.4) is 0 Å². The Hall–Kier alpha value is -1.84. The molecule has 0 aromatic carbocycles. The van der Waals surface area contributed by atoms with Crippen LogP contribution >= 0.6 is 0 Å². The molecule has 2 N–H and O–H groups in total. The van der Waals surface area contributed by atoms with Gasteiger partial charge < -0.3 is 5.73 Å². The van der Waals surface area contributed by atoms with Gasteiger partial charge in [-0.3, -0.25) is 4.98 Å². The molecule has 0 saturated carbocycles. The van der Waals surface area contributed by atoms with Crippen LogP contribution < -0.4 is 5.73 Å². The molecular formula is C11H14N4. The molecule has 0 radical (unpaired) electrons. The number of aryl methyl sites for hydroxylation is 2. The third-order valence-corrected chi connectivity index (χ3v) is 2.22. The molecule has 2 heterocycles. The van der Waals surface area contributed by atoms with Crippen LogP contribution in [0.2, 0.25) is 0 Å². The number of aromatic nitrogens is 3. The first-order valence-corrected chi connectivity index (χ1v) is 4.86. The molecule has 78 valence electrons. The van der Waals surface area contributed by atoms with Crippen LogP contribution in [-0.4, -0.2) is 14.8 Å². The standard InChI is InChI=1S/C11H14N4/c1-8-3-4-10(13-6-8)7-15-11(12)5-9(2)14-15/h3-6H,7,12H2,1-2H3. The van der Waals surface area contributed by atoms with E-state index in [0.29, 0.717) is 12.4 Å². The SMILES string of the molecule is Cc1ccc(Cn2nc(C)cc2N)nc1. The molecule has 2 aromatic heterocycles. The summed E-state index contributed by atoms with van der Waals surface area (Å²) >= 11 is 0. The van der Waals surface area contributed by atoms with Crippen molar-refractivity contribution in [1.29, 1.82) is 0 Å². The molecule has 4 heteroatoms. The number of hydrogen-bond donors (Lipinski definition) is 1. The Kier molecular flexibility index (Phi) is 2.41. The second-order valence-electron chi connectivity index (χ2n) is 3.70. The molecule has 0 fully saturated rings. The highest BCUT2D eigenvalue weighted by Gasteiger charge is 2.02. The largest absolute Gasteiger partial charge is 0.384 e. The van der Waals surface area contributed by atoms with Crippen LogP contribution in [0.15, 0.2) is 24.4 Å². The maximum absolute atomic E-state index is 5.79. The average Bonchev–Trinajstić information content (AvgIpc) is 2.49. The molecule has 0 spiro atoms. The summed E-state index contributed by atoms with van der Waals surface area (Å²) in [6.07, 6.45) is 1.85. The van der Waals surface area contributed by atoms with E-state index in [4.69, 9.17) is 5.73 Å². The first-order chi connectivity index (χ1) is 7.15. The molecule has 0 atom stereocenters. The lowest BCUT2D eigenvalue weighted by molar-refractivity contribution is 0.675. The van der Waals surface area contributed by atoms with Gasteiger partial charge in [0.25, 0.3) is 0 Å². The number of nitrogens with zero attached hydrogens (tertiary/aromatic N) is 3. The highest BCUT2D eigenvalue weighted by molar-refractivity contribution is 5.31. The molecule has 4 nitrogen and oxygen atoms in total. The van der Waals surface area contributed by atoms with Crippen molar-refractivity contribution in [1.82, 2.24) is 14.8 Å². The topological polar surface area (TPSA) is 56.7 Å². The van der Waals surface area contributed by atoms with Gasteiger partial charge in [-0.15, -0.1) is 0 Å². The predicted molar refractivity (Wildman–Crippen MR) is 59.5 cm³/mol. The van der Waals surface area contributed by atoms with E-state index in [-0.39, 0.29) is 0 Å². The van der Waals surface area contributed by atoms with Gasteiger partial charge in [0.1, 0.15) is 5.82 Å². The molecule has 2 aromatic rings. The van der Waals surface area contributed by atoms with E-state index in [0.717, 1.165) is 17.0 Å². The summed E-state index contributed by atoms with van der Waals surface area (Å²) in [6.45, 7) is 4.57. The van der Waals surface area contributed by atoms with Crippen molar-refractivity contribution < 1.29 is 0 Å². The minimum atomic E-state index is 0.625. The zero-order valence-corrected chi connectivity index (χ0v) is 8.94. The van der Waals surface area contributed by atoms with E-state index in [1.54, 1.807) is 4.68 Å². The maximum atomic E-state index is 5.79. The minimum Gasteiger partial charge on any atom is -0.384 e. The van der Waals surface area contributed by atoms with Crippen LogP contribution in [0.25, 0.3) is 0 Å². The monoisotopic (exact) mass is 202 g/mol. The summed E-state index contributed by atoms with van der Waals surface area (Å²) in [5.74, 6) is 0.676. The lowest BCUT2D eigenvalue weighted by atomic mass is 10.3. The molecule has 0 aliphatic heterocycles. The third-order valence-electron chi connectivity index (χ3n) is 2.22. The highest BCUT2D eigenvalue weighted by Crippen LogP contribution is 2.08. The zero-order valence-electron chi connectivity index (χ0n) is 8.94. The Morgan fingerprint density at radius 3 is 2.67 bits per heavy atom. The Morgan fingerprint density at radius 1 is 1.33 bits per heavy atom. The first-order valence-electron chi connectivity index (χ1n) is 4.86. The van der Waals surface area contributed by atoms with E-state index in [9.17, 15) is 0 Å². The summed E-state index contributed by atoms with van der Waals surface area (Å²) in [7, 11) is 0. The molecule has 0 bridgehead atoms. The fourth-order valence-electron chi connectivity index (χ4n) is 1.44. The van der Waals surface area contributed by atoms with E-state index >= 15 is 0 Å². The second-order valence-corrected chi connectivity index (χ2v) is 3.70. The van der Waals surface area contributed by atoms with Crippen molar-refractivity contribution in [2.45, 2.75) is 20.4 Å². The number of nitrogen functional groups attached to an aromatic ring is 1. The number of nitrogens with two attached hydrogens (primary N) is 1. The number of pyridine rings is 1. The van der Waals surface area contributed by atoms with E-state index in [2.05, 4.69) is 10.1 Å². The molecule has 2 rings (SSSR count). The zero-order chi connectivity index (χ0) is 10.8. The van der Waals surface area contributed by atoms with Crippen molar-refractivity contribution in [3.63, 3.8) is 0 Å². The fourth-order valence-corrected chi connectivity index (χ4v) is 1.44. The van der Waals surface area contributed by atoms with Gasteiger partial charge in [0.05, 0.1) is 17.9 Å². The van der Waals surface area contributed by atoms with Crippen molar-refractivity contribution in [2.24, 2.45) is 0 Å². The molecule has 0 unspecified atom stereocenters. The van der Waals surface area contributed by atoms with Gasteiger partial charge >= 0.3 is 0 Å². The summed E-state index contributed by atoms with van der Waals surface area (Å²) in [5, 5.41) is 4.28. The summed E-state index contributed by atoms with van der Waals surface area (Å²) in [5.41, 5.74) is 8.85. The average molecular weight is 202 g/mol. The summed E-state index contributed by atoms with van der Waals surface area (Å²) in [6, 6.07) is 5.88. The van der Waals surface area contributed by atoms with E-state index in [1.807, 2.05) is 38.2 Å². The normalized spacial score (nSPS) is 10.5. The molecule has 15 heavy (non-hydrogen) atoms. The smallest absolute Gasteiger partial charge is 0.122 e. The number of rotatable bonds is 2. The van der Waals surface area contributed by atoms with Crippen LogP contribution in [0.5, 0.6) is 0 Å². The first kappa shape index (κ1) is 9.71. The van der Waals surface area contributed by atoms with Crippen LogP contribution in [0.1, 0.15) is 17.0 Å². The van der Waals surface area contributed by atoms with Crippen LogP contribution in [0, 0.1) is 13.8 Å². The molecule has 0 aliphatic carbocycles. The third kappa shape index (κ3) is 2.15. The number of hydrogen-bond acceptors (Lipinski definition) is 3. The van der Waals surface area contributed by atoms with Crippen molar-refractivity contribution >= 4 is 5.82 Å². The van der Waals surface area contributed by atoms with Crippen LogP contribution in [-0.2, 0) is 6.54 Å². The fraction of sp³-hybridized carbons (Fsp3) is 0.273. The van der Waals surface area contributed by atoms with Gasteiger partial charge in [0.15, 0.2) is 0 Å². The van der Waals surface area contributed by atoms with Gasteiger partial charge in [-0.1, -0.05) is 6.07 Å². The van der Waals surface area contributed by atoms with Crippen LogP contribution in [0.4, 0.5) is 5.82 Å². The Labute approximate surface area is 88.8 Å². The van der Waals surface area contributed by atoms with Crippen molar-refractivity contribution in [3.8, 4) is 0 Å². The van der Waals surface area contributed by atoms with Crippen molar-refractivity contribution in [3.05, 3.63) is 41.3 Å².